The smallest absolute Gasteiger partial charge is 0.261 e. The first-order valence-corrected chi connectivity index (χ1v) is 13.7. The SMILES string of the molecule is COCCn1cc(-c2cn3nc4c5ncc(NC(=O)CCN6CCC7(CC7)C6)cc5[nH]c(=O)c4c3s2)cn1. The molecule has 1 aliphatic carbocycles. The van der Waals surface area contributed by atoms with Crippen LogP contribution >= 0.6 is 11.3 Å². The number of hydrogen-bond acceptors (Lipinski definition) is 8. The molecule has 1 amide bonds. The summed E-state index contributed by atoms with van der Waals surface area (Å²) in [6.45, 7) is 4.23. The summed E-state index contributed by atoms with van der Waals surface area (Å²) in [6, 6.07) is 1.75. The van der Waals surface area contributed by atoms with Crippen molar-refractivity contribution in [3.05, 3.63) is 41.2 Å². The molecular formula is C26H28N8O3S. The zero-order chi connectivity index (χ0) is 25.9. The maximum absolute atomic E-state index is 13.1. The molecule has 0 radical (unpaired) electrons. The molecule has 5 aromatic heterocycles. The zero-order valence-electron chi connectivity index (χ0n) is 21.1. The number of pyridine rings is 2. The number of H-pyrrole nitrogens is 1. The molecule has 2 fully saturated rings. The molecule has 0 atom stereocenters. The maximum Gasteiger partial charge on any atom is 0.261 e. The molecule has 2 aliphatic rings. The van der Waals surface area contributed by atoms with Gasteiger partial charge < -0.3 is 19.9 Å². The van der Waals surface area contributed by atoms with Gasteiger partial charge >= 0.3 is 0 Å². The van der Waals surface area contributed by atoms with E-state index in [-0.39, 0.29) is 11.5 Å². The van der Waals surface area contributed by atoms with Gasteiger partial charge in [-0.2, -0.15) is 10.2 Å². The lowest BCUT2D eigenvalue weighted by Gasteiger charge is -2.15. The number of methoxy groups -OCH3 is 1. The number of nitrogens with one attached hydrogen (secondary N) is 2. The van der Waals surface area contributed by atoms with Crippen molar-refractivity contribution in [1.82, 2.24) is 34.3 Å². The average molecular weight is 533 g/mol. The van der Waals surface area contributed by atoms with Gasteiger partial charge in [0.1, 0.15) is 21.3 Å². The van der Waals surface area contributed by atoms with Gasteiger partial charge in [-0.25, -0.2) is 4.52 Å². The van der Waals surface area contributed by atoms with Gasteiger partial charge in [-0.05, 0) is 37.3 Å². The molecule has 5 aromatic rings. The summed E-state index contributed by atoms with van der Waals surface area (Å²) in [5, 5.41) is 12.5. The van der Waals surface area contributed by atoms with E-state index in [1.807, 2.05) is 17.1 Å². The fourth-order valence-corrected chi connectivity index (χ4v) is 6.50. The van der Waals surface area contributed by atoms with Crippen LogP contribution in [0.1, 0.15) is 25.7 Å². The van der Waals surface area contributed by atoms with Gasteiger partial charge in [-0.15, -0.1) is 11.3 Å². The number of anilines is 1. The van der Waals surface area contributed by atoms with Crippen molar-refractivity contribution in [1.29, 1.82) is 0 Å². The molecule has 1 aliphatic heterocycles. The molecule has 11 nitrogen and oxygen atoms in total. The molecule has 196 valence electrons. The largest absolute Gasteiger partial charge is 0.383 e. The first-order valence-electron chi connectivity index (χ1n) is 12.9. The fraction of sp³-hybridized carbons (Fsp3) is 0.423. The second-order valence-corrected chi connectivity index (χ2v) is 11.5. The molecule has 1 spiro atoms. The first-order chi connectivity index (χ1) is 18.5. The number of carbonyl (C=O) groups is 1. The van der Waals surface area contributed by atoms with E-state index in [0.29, 0.717) is 52.6 Å². The molecule has 1 saturated carbocycles. The van der Waals surface area contributed by atoms with Gasteiger partial charge in [0, 0.05) is 44.6 Å². The van der Waals surface area contributed by atoms with Crippen molar-refractivity contribution in [3.8, 4) is 10.4 Å². The lowest BCUT2D eigenvalue weighted by Crippen LogP contribution is -2.26. The summed E-state index contributed by atoms with van der Waals surface area (Å²) in [7, 11) is 1.66. The van der Waals surface area contributed by atoms with E-state index >= 15 is 0 Å². The molecule has 7 rings (SSSR count). The number of carbonyl (C=O) groups excluding carboxylic acids is 1. The Kier molecular flexibility index (Phi) is 5.57. The van der Waals surface area contributed by atoms with Crippen LogP contribution in [0.15, 0.2) is 35.6 Å². The minimum Gasteiger partial charge on any atom is -0.383 e. The minimum absolute atomic E-state index is 0.0492. The number of ether oxygens (including phenoxy) is 1. The van der Waals surface area contributed by atoms with E-state index in [9.17, 15) is 9.59 Å². The highest BCUT2D eigenvalue weighted by Gasteiger charge is 2.47. The Morgan fingerprint density at radius 2 is 2.11 bits per heavy atom. The number of aromatic nitrogens is 6. The molecular weight excluding hydrogens is 504 g/mol. The average Bonchev–Trinajstić information content (AvgIpc) is 3.29. The van der Waals surface area contributed by atoms with E-state index in [4.69, 9.17) is 9.84 Å². The van der Waals surface area contributed by atoms with Crippen LogP contribution in [0.4, 0.5) is 5.69 Å². The van der Waals surface area contributed by atoms with Crippen molar-refractivity contribution in [2.45, 2.75) is 32.2 Å². The van der Waals surface area contributed by atoms with Crippen molar-refractivity contribution < 1.29 is 9.53 Å². The number of aromatic amines is 1. The quantitative estimate of drug-likeness (QED) is 0.315. The molecule has 2 N–H and O–H groups in total. The number of hydrogen-bond donors (Lipinski definition) is 2. The van der Waals surface area contributed by atoms with Crippen LogP contribution in [0.25, 0.3) is 37.2 Å². The van der Waals surface area contributed by atoms with Crippen LogP contribution < -0.4 is 10.9 Å². The second-order valence-electron chi connectivity index (χ2n) is 10.5. The van der Waals surface area contributed by atoms with Gasteiger partial charge in [0.25, 0.3) is 5.56 Å². The minimum atomic E-state index is -0.236. The van der Waals surface area contributed by atoms with E-state index in [1.165, 1.54) is 30.6 Å². The van der Waals surface area contributed by atoms with Crippen molar-refractivity contribution in [3.63, 3.8) is 0 Å². The van der Waals surface area contributed by atoms with E-state index in [1.54, 1.807) is 30.1 Å². The Labute approximate surface area is 221 Å². The highest BCUT2D eigenvalue weighted by Crippen LogP contribution is 2.52. The summed E-state index contributed by atoms with van der Waals surface area (Å²) in [5.74, 6) is -0.0492. The summed E-state index contributed by atoms with van der Waals surface area (Å²) in [4.78, 5) is 37.3. The third kappa shape index (κ3) is 4.18. The molecule has 6 heterocycles. The number of likely N-dealkylation sites (tertiary alicyclic amines) is 1. The third-order valence-electron chi connectivity index (χ3n) is 7.76. The highest BCUT2D eigenvalue weighted by molar-refractivity contribution is 7.21. The molecule has 0 aromatic carbocycles. The van der Waals surface area contributed by atoms with Crippen LogP contribution in [0.5, 0.6) is 0 Å². The van der Waals surface area contributed by atoms with Gasteiger partial charge in [0.2, 0.25) is 5.91 Å². The van der Waals surface area contributed by atoms with Crippen LogP contribution in [0, 0.1) is 5.41 Å². The summed E-state index contributed by atoms with van der Waals surface area (Å²) >= 11 is 1.48. The number of thiazole rings is 1. The number of fused-ring (bicyclic) bond motifs is 5. The first kappa shape index (κ1) is 23.5. The lowest BCUT2D eigenvalue weighted by molar-refractivity contribution is -0.116. The predicted octanol–water partition coefficient (Wildman–Crippen LogP) is 3.11. The van der Waals surface area contributed by atoms with Crippen LogP contribution in [0.3, 0.4) is 0 Å². The Bertz CT molecular complexity index is 1740. The normalized spacial score (nSPS) is 16.9. The molecule has 0 bridgehead atoms. The van der Waals surface area contributed by atoms with E-state index < -0.39 is 0 Å². The monoisotopic (exact) mass is 532 g/mol. The van der Waals surface area contributed by atoms with Crippen molar-refractivity contribution in [2.75, 3.05) is 38.7 Å². The van der Waals surface area contributed by atoms with Gasteiger partial charge in [0.15, 0.2) is 0 Å². The summed E-state index contributed by atoms with van der Waals surface area (Å²) < 4.78 is 8.68. The molecule has 38 heavy (non-hydrogen) atoms. The van der Waals surface area contributed by atoms with Crippen LogP contribution in [0.2, 0.25) is 0 Å². The van der Waals surface area contributed by atoms with Crippen LogP contribution in [-0.4, -0.2) is 73.5 Å². The Hall–Kier alpha value is -3.61. The zero-order valence-corrected chi connectivity index (χ0v) is 21.9. The van der Waals surface area contributed by atoms with Crippen molar-refractivity contribution >= 4 is 49.7 Å². The number of nitrogens with zero attached hydrogens (tertiary/aromatic N) is 6. The van der Waals surface area contributed by atoms with Gasteiger partial charge in [-0.1, -0.05) is 0 Å². The number of rotatable bonds is 8. The van der Waals surface area contributed by atoms with E-state index in [0.717, 1.165) is 34.9 Å². The molecule has 0 unspecified atom stereocenters. The van der Waals surface area contributed by atoms with E-state index in [2.05, 4.69) is 25.3 Å². The Morgan fingerprint density at radius 1 is 1.21 bits per heavy atom. The fourth-order valence-electron chi connectivity index (χ4n) is 5.44. The Morgan fingerprint density at radius 3 is 2.92 bits per heavy atom. The molecule has 1 saturated heterocycles. The van der Waals surface area contributed by atoms with Crippen LogP contribution in [-0.2, 0) is 16.1 Å². The van der Waals surface area contributed by atoms with Gasteiger partial charge in [-0.3, -0.25) is 19.3 Å². The maximum atomic E-state index is 13.1. The third-order valence-corrected chi connectivity index (χ3v) is 8.90. The lowest BCUT2D eigenvalue weighted by atomic mass is 10.1. The van der Waals surface area contributed by atoms with Gasteiger partial charge in [0.05, 0.1) is 41.6 Å². The van der Waals surface area contributed by atoms with Crippen molar-refractivity contribution in [2.24, 2.45) is 5.41 Å². The standard InChI is InChI=1S/C26H28N8O3S/c1-37-9-8-33-13-16(11-28-33)19-14-34-25(38-19)21-23(31-34)22-18(30-24(21)36)10-17(12-27-22)29-20(35)2-6-32-7-5-26(15-32)3-4-26/h10-14H,2-9,15H2,1H3,(H,29,35)(H,30,36). The number of amides is 1. The summed E-state index contributed by atoms with van der Waals surface area (Å²) in [5.41, 5.74) is 3.52. The Balaban J connectivity index is 1.12. The second kappa shape index (κ2) is 9.00. The highest BCUT2D eigenvalue weighted by atomic mass is 32.1. The molecule has 12 heteroatoms. The predicted molar refractivity (Wildman–Crippen MR) is 146 cm³/mol. The summed E-state index contributed by atoms with van der Waals surface area (Å²) in [6.07, 6.45) is 11.7. The topological polar surface area (TPSA) is 122 Å².